The SMILES string of the molecule is CC.CO[C@@H]1CC[C@H](O[C@@H]2CC(=O)Cc3cc4c(cc3CNC(=O)C2)OCO4)O[C@@H]1CO. The quantitative estimate of drug-likeness (QED) is 0.713. The van der Waals surface area contributed by atoms with Gasteiger partial charge in [-0.2, -0.15) is 0 Å². The highest BCUT2D eigenvalue weighted by atomic mass is 16.7. The Hall–Kier alpha value is -2.20. The highest BCUT2D eigenvalue weighted by Crippen LogP contribution is 2.35. The average Bonchev–Trinajstić information content (AvgIpc) is 3.25. The lowest BCUT2D eigenvalue weighted by molar-refractivity contribution is -0.248. The zero-order valence-electron chi connectivity index (χ0n) is 18.9. The minimum absolute atomic E-state index is 0.0286. The Bertz CT molecular complexity index is 798. The lowest BCUT2D eigenvalue weighted by atomic mass is 9.96. The number of hydrogen-bond donors (Lipinski definition) is 2. The van der Waals surface area contributed by atoms with Gasteiger partial charge in [0.2, 0.25) is 12.7 Å². The molecule has 9 nitrogen and oxygen atoms in total. The third-order valence-corrected chi connectivity index (χ3v) is 5.68. The Kier molecular flexibility index (Phi) is 8.86. The number of methoxy groups -OCH3 is 1. The molecular weight excluding hydrogens is 418 g/mol. The lowest BCUT2D eigenvalue weighted by Crippen LogP contribution is -2.44. The van der Waals surface area contributed by atoms with Gasteiger partial charge >= 0.3 is 0 Å². The number of ether oxygens (including phenoxy) is 5. The molecule has 1 fully saturated rings. The first kappa shape index (κ1) is 24.4. The number of amides is 1. The first-order valence-corrected chi connectivity index (χ1v) is 11.2. The van der Waals surface area contributed by atoms with Crippen molar-refractivity contribution in [2.75, 3.05) is 20.5 Å². The molecule has 1 aromatic carbocycles. The van der Waals surface area contributed by atoms with Crippen molar-refractivity contribution < 1.29 is 38.4 Å². The molecule has 2 N–H and O–H groups in total. The molecule has 0 unspecified atom stereocenters. The highest BCUT2D eigenvalue weighted by molar-refractivity contribution is 5.84. The molecule has 0 spiro atoms. The van der Waals surface area contributed by atoms with E-state index < -0.39 is 18.5 Å². The van der Waals surface area contributed by atoms with Crippen molar-refractivity contribution >= 4 is 11.7 Å². The van der Waals surface area contributed by atoms with E-state index in [4.69, 9.17) is 23.7 Å². The summed E-state index contributed by atoms with van der Waals surface area (Å²) in [5.41, 5.74) is 1.65. The molecule has 0 radical (unpaired) electrons. The molecule has 3 heterocycles. The van der Waals surface area contributed by atoms with Crippen LogP contribution in [0.25, 0.3) is 0 Å². The average molecular weight is 452 g/mol. The molecule has 1 saturated heterocycles. The van der Waals surface area contributed by atoms with Crippen molar-refractivity contribution in [2.45, 2.75) is 77.1 Å². The number of rotatable bonds is 4. The van der Waals surface area contributed by atoms with Crippen molar-refractivity contribution in [3.63, 3.8) is 0 Å². The van der Waals surface area contributed by atoms with Crippen LogP contribution in [-0.4, -0.2) is 61.9 Å². The molecule has 4 rings (SSSR count). The molecule has 1 aromatic rings. The van der Waals surface area contributed by atoms with E-state index in [-0.39, 0.29) is 50.5 Å². The lowest BCUT2D eigenvalue weighted by Gasteiger charge is -2.36. The third-order valence-electron chi connectivity index (χ3n) is 5.68. The molecule has 178 valence electrons. The number of carbonyl (C=O) groups excluding carboxylic acids is 2. The van der Waals surface area contributed by atoms with Gasteiger partial charge in [0.1, 0.15) is 11.9 Å². The molecule has 0 aliphatic carbocycles. The molecule has 0 saturated carbocycles. The van der Waals surface area contributed by atoms with E-state index in [1.807, 2.05) is 19.9 Å². The van der Waals surface area contributed by atoms with Crippen LogP contribution in [0, 0.1) is 0 Å². The maximum Gasteiger partial charge on any atom is 0.231 e. The first-order chi connectivity index (χ1) is 15.6. The fourth-order valence-electron chi connectivity index (χ4n) is 4.12. The largest absolute Gasteiger partial charge is 0.454 e. The fourth-order valence-corrected chi connectivity index (χ4v) is 4.12. The summed E-state index contributed by atoms with van der Waals surface area (Å²) in [6.45, 7) is 4.26. The predicted molar refractivity (Wildman–Crippen MR) is 114 cm³/mol. The Morgan fingerprint density at radius 3 is 2.50 bits per heavy atom. The Labute approximate surface area is 188 Å². The summed E-state index contributed by atoms with van der Waals surface area (Å²) in [6.07, 6.45) is -0.283. The monoisotopic (exact) mass is 451 g/mol. The Balaban J connectivity index is 0.00000141. The third kappa shape index (κ3) is 5.98. The number of hydrogen-bond acceptors (Lipinski definition) is 8. The summed E-state index contributed by atoms with van der Waals surface area (Å²) in [5.74, 6) is 0.994. The van der Waals surface area contributed by atoms with Crippen molar-refractivity contribution in [3.05, 3.63) is 23.3 Å². The van der Waals surface area contributed by atoms with Crippen molar-refractivity contribution in [1.29, 1.82) is 0 Å². The van der Waals surface area contributed by atoms with E-state index in [2.05, 4.69) is 5.32 Å². The van der Waals surface area contributed by atoms with Gasteiger partial charge in [-0.15, -0.1) is 0 Å². The van der Waals surface area contributed by atoms with Crippen LogP contribution < -0.4 is 14.8 Å². The summed E-state index contributed by atoms with van der Waals surface area (Å²) in [4.78, 5) is 25.2. The number of benzene rings is 1. The number of carbonyl (C=O) groups is 2. The molecule has 32 heavy (non-hydrogen) atoms. The van der Waals surface area contributed by atoms with Gasteiger partial charge in [0.25, 0.3) is 0 Å². The van der Waals surface area contributed by atoms with Crippen LogP contribution in [0.4, 0.5) is 0 Å². The van der Waals surface area contributed by atoms with Gasteiger partial charge in [-0.1, -0.05) is 13.8 Å². The maximum absolute atomic E-state index is 12.8. The standard InChI is InChI=1S/C21H27NO8.C2H6/c1-26-16-2-3-21(30-19(16)10-23)29-15-7-14(24)4-12-5-17-18(28-11-27-17)6-13(12)9-22-20(25)8-15;1-2/h5-6,15-16,19,21,23H,2-4,7-11H2,1H3,(H,22,25);1-2H3/t15-,16-,19-,21-;/m1./s1. The van der Waals surface area contributed by atoms with Crippen LogP contribution in [0.2, 0.25) is 0 Å². The molecule has 3 aliphatic heterocycles. The van der Waals surface area contributed by atoms with Gasteiger partial charge in [0.15, 0.2) is 17.8 Å². The summed E-state index contributed by atoms with van der Waals surface area (Å²) in [7, 11) is 1.58. The van der Waals surface area contributed by atoms with Crippen LogP contribution in [-0.2, 0) is 36.8 Å². The fraction of sp³-hybridized carbons (Fsp3) is 0.652. The minimum atomic E-state index is -0.600. The molecule has 9 heteroatoms. The van der Waals surface area contributed by atoms with Gasteiger partial charge in [0.05, 0.1) is 25.2 Å². The highest BCUT2D eigenvalue weighted by Gasteiger charge is 2.34. The van der Waals surface area contributed by atoms with Crippen LogP contribution in [0.15, 0.2) is 12.1 Å². The maximum atomic E-state index is 12.8. The van der Waals surface area contributed by atoms with Crippen LogP contribution >= 0.6 is 0 Å². The van der Waals surface area contributed by atoms with Gasteiger partial charge in [-0.05, 0) is 29.7 Å². The van der Waals surface area contributed by atoms with E-state index >= 15 is 0 Å². The second-order valence-electron chi connectivity index (χ2n) is 7.77. The second kappa shape index (κ2) is 11.6. The normalized spacial score (nSPS) is 27.6. The van der Waals surface area contributed by atoms with Crippen molar-refractivity contribution in [2.24, 2.45) is 0 Å². The first-order valence-electron chi connectivity index (χ1n) is 11.2. The predicted octanol–water partition coefficient (Wildman–Crippen LogP) is 1.86. The topological polar surface area (TPSA) is 113 Å². The smallest absolute Gasteiger partial charge is 0.231 e. The van der Waals surface area contributed by atoms with Crippen LogP contribution in [0.3, 0.4) is 0 Å². The molecular formula is C23H33NO8. The number of nitrogens with one attached hydrogen (secondary N) is 1. The summed E-state index contributed by atoms with van der Waals surface area (Å²) in [6, 6.07) is 3.62. The number of aliphatic hydroxyl groups is 1. The van der Waals surface area contributed by atoms with Gasteiger partial charge < -0.3 is 34.1 Å². The van der Waals surface area contributed by atoms with E-state index in [0.29, 0.717) is 30.9 Å². The zero-order chi connectivity index (χ0) is 23.1. The number of aliphatic hydroxyl groups excluding tert-OH is 1. The van der Waals surface area contributed by atoms with Gasteiger partial charge in [-0.25, -0.2) is 0 Å². The summed E-state index contributed by atoms with van der Waals surface area (Å²) in [5, 5.41) is 12.4. The molecule has 0 aromatic heterocycles. The van der Waals surface area contributed by atoms with E-state index in [1.54, 1.807) is 13.2 Å². The van der Waals surface area contributed by atoms with Crippen molar-refractivity contribution in [3.8, 4) is 11.5 Å². The van der Waals surface area contributed by atoms with E-state index in [0.717, 1.165) is 11.1 Å². The molecule has 1 amide bonds. The number of fused-ring (bicyclic) bond motifs is 2. The summed E-state index contributed by atoms with van der Waals surface area (Å²) < 4.78 is 27.9. The molecule has 0 bridgehead atoms. The van der Waals surface area contributed by atoms with E-state index in [1.165, 1.54) is 0 Å². The Morgan fingerprint density at radius 2 is 1.81 bits per heavy atom. The minimum Gasteiger partial charge on any atom is -0.454 e. The van der Waals surface area contributed by atoms with E-state index in [9.17, 15) is 14.7 Å². The van der Waals surface area contributed by atoms with Gasteiger partial charge in [0, 0.05) is 32.9 Å². The van der Waals surface area contributed by atoms with Crippen LogP contribution in [0.1, 0.15) is 50.7 Å². The van der Waals surface area contributed by atoms with Crippen LogP contribution in [0.5, 0.6) is 11.5 Å². The van der Waals surface area contributed by atoms with Gasteiger partial charge in [-0.3, -0.25) is 9.59 Å². The second-order valence-corrected chi connectivity index (χ2v) is 7.77. The zero-order valence-corrected chi connectivity index (χ0v) is 18.9. The molecule has 4 atom stereocenters. The summed E-state index contributed by atoms with van der Waals surface area (Å²) >= 11 is 0. The number of ketones is 1. The number of Topliss-reactive ketones (excluding diaryl/α,β-unsaturated/α-hetero) is 1. The molecule has 3 aliphatic rings. The van der Waals surface area contributed by atoms with Crippen molar-refractivity contribution in [1.82, 2.24) is 5.32 Å². The Morgan fingerprint density at radius 1 is 1.09 bits per heavy atom.